The van der Waals surface area contributed by atoms with Crippen LogP contribution in [-0.2, 0) is 11.2 Å². The van der Waals surface area contributed by atoms with Crippen LogP contribution in [0.2, 0.25) is 0 Å². The van der Waals surface area contributed by atoms with Gasteiger partial charge < -0.3 is 15.5 Å². The Morgan fingerprint density at radius 2 is 1.90 bits per heavy atom. The Morgan fingerprint density at radius 3 is 2.52 bits per heavy atom. The molecule has 3 N–H and O–H groups in total. The first-order valence-corrected chi connectivity index (χ1v) is 6.37. The second-order valence-corrected chi connectivity index (χ2v) is 4.73. The fraction of sp³-hybridized carbons (Fsp3) is 0.125. The lowest BCUT2D eigenvalue weighted by Crippen LogP contribution is -2.14. The zero-order valence-corrected chi connectivity index (χ0v) is 11.5. The second kappa shape index (κ2) is 6.09. The number of rotatable bonds is 4. The summed E-state index contributed by atoms with van der Waals surface area (Å²) in [5, 5.41) is 21.0. The van der Waals surface area contributed by atoms with Gasteiger partial charge in [-0.2, -0.15) is 0 Å². The van der Waals surface area contributed by atoms with Crippen molar-refractivity contribution < 1.29 is 19.8 Å². The predicted molar refractivity (Wildman–Crippen MR) is 78.6 cm³/mol. The van der Waals surface area contributed by atoms with E-state index >= 15 is 0 Å². The number of benzene rings is 2. The van der Waals surface area contributed by atoms with Gasteiger partial charge in [0, 0.05) is 5.69 Å². The molecule has 0 aliphatic carbocycles. The lowest BCUT2D eigenvalue weighted by atomic mass is 10.1. The number of carbonyl (C=O) groups excluding carboxylic acids is 1. The van der Waals surface area contributed by atoms with Crippen LogP contribution in [-0.4, -0.2) is 22.1 Å². The largest absolute Gasteiger partial charge is 0.508 e. The van der Waals surface area contributed by atoms with E-state index in [2.05, 4.69) is 5.32 Å². The summed E-state index contributed by atoms with van der Waals surface area (Å²) in [6.07, 6.45) is 0.133. The van der Waals surface area contributed by atoms with Gasteiger partial charge in [0.2, 0.25) is 5.91 Å². The molecular weight excluding hydrogens is 270 g/mol. The van der Waals surface area contributed by atoms with E-state index < -0.39 is 5.97 Å². The summed E-state index contributed by atoms with van der Waals surface area (Å²) in [6, 6.07) is 11.1. The number of phenols is 1. The van der Waals surface area contributed by atoms with E-state index in [1.54, 1.807) is 31.2 Å². The summed E-state index contributed by atoms with van der Waals surface area (Å²) < 4.78 is 0. The van der Waals surface area contributed by atoms with Crippen molar-refractivity contribution in [3.05, 3.63) is 59.2 Å². The highest BCUT2D eigenvalue weighted by molar-refractivity contribution is 5.94. The maximum Gasteiger partial charge on any atom is 0.335 e. The zero-order valence-electron chi connectivity index (χ0n) is 11.5. The topological polar surface area (TPSA) is 86.6 Å². The minimum absolute atomic E-state index is 0.113. The van der Waals surface area contributed by atoms with Gasteiger partial charge in [0.05, 0.1) is 12.0 Å². The quantitative estimate of drug-likeness (QED) is 0.805. The fourth-order valence-electron chi connectivity index (χ4n) is 2.04. The number of anilines is 1. The second-order valence-electron chi connectivity index (χ2n) is 4.73. The first-order chi connectivity index (χ1) is 9.95. The molecule has 0 spiro atoms. The van der Waals surface area contributed by atoms with Crippen molar-refractivity contribution >= 4 is 17.6 Å². The van der Waals surface area contributed by atoms with Crippen LogP contribution in [0, 0.1) is 6.92 Å². The van der Waals surface area contributed by atoms with Crippen LogP contribution in [0.4, 0.5) is 5.69 Å². The van der Waals surface area contributed by atoms with E-state index in [0.29, 0.717) is 16.8 Å². The SMILES string of the molecule is Cc1cc(NC(=O)Cc2cccc(O)c2)ccc1C(=O)O. The Morgan fingerprint density at radius 1 is 1.14 bits per heavy atom. The van der Waals surface area contributed by atoms with Crippen molar-refractivity contribution in [2.75, 3.05) is 5.32 Å². The van der Waals surface area contributed by atoms with Gasteiger partial charge >= 0.3 is 5.97 Å². The minimum Gasteiger partial charge on any atom is -0.508 e. The Labute approximate surface area is 121 Å². The molecule has 0 saturated carbocycles. The molecule has 0 saturated heterocycles. The van der Waals surface area contributed by atoms with Gasteiger partial charge in [-0.1, -0.05) is 12.1 Å². The molecular formula is C16H15NO4. The Kier molecular flexibility index (Phi) is 4.23. The number of aromatic hydroxyl groups is 1. The standard InChI is InChI=1S/C16H15NO4/c1-10-7-12(5-6-14(10)16(20)21)17-15(19)9-11-3-2-4-13(18)8-11/h2-8,18H,9H2,1H3,(H,17,19)(H,20,21). The lowest BCUT2D eigenvalue weighted by Gasteiger charge is -2.08. The number of hydrogen-bond donors (Lipinski definition) is 3. The maximum absolute atomic E-state index is 11.9. The average Bonchev–Trinajstić information content (AvgIpc) is 2.38. The van der Waals surface area contributed by atoms with Gasteiger partial charge in [-0.3, -0.25) is 4.79 Å². The summed E-state index contributed by atoms with van der Waals surface area (Å²) >= 11 is 0. The third-order valence-electron chi connectivity index (χ3n) is 3.02. The monoisotopic (exact) mass is 285 g/mol. The number of nitrogens with one attached hydrogen (secondary N) is 1. The van der Waals surface area contributed by atoms with Crippen molar-refractivity contribution in [1.82, 2.24) is 0 Å². The molecule has 21 heavy (non-hydrogen) atoms. The number of aromatic carboxylic acids is 1. The number of carboxylic acid groups (broad SMARTS) is 1. The summed E-state index contributed by atoms with van der Waals surface area (Å²) in [5.41, 5.74) is 2.03. The third-order valence-corrected chi connectivity index (χ3v) is 3.02. The molecule has 5 nitrogen and oxygen atoms in total. The molecule has 0 bridgehead atoms. The molecule has 0 aliphatic heterocycles. The van der Waals surface area contributed by atoms with Crippen LogP contribution < -0.4 is 5.32 Å². The summed E-state index contributed by atoms with van der Waals surface area (Å²) in [5.74, 6) is -1.12. The molecule has 2 rings (SSSR count). The molecule has 0 radical (unpaired) electrons. The fourth-order valence-corrected chi connectivity index (χ4v) is 2.04. The van der Waals surface area contributed by atoms with Crippen molar-refractivity contribution in [2.45, 2.75) is 13.3 Å². The van der Waals surface area contributed by atoms with Gasteiger partial charge in [-0.05, 0) is 48.4 Å². The van der Waals surface area contributed by atoms with E-state index in [1.807, 2.05) is 0 Å². The first-order valence-electron chi connectivity index (χ1n) is 6.37. The Bertz CT molecular complexity index is 694. The smallest absolute Gasteiger partial charge is 0.335 e. The number of carbonyl (C=O) groups is 2. The summed E-state index contributed by atoms with van der Waals surface area (Å²) in [4.78, 5) is 22.8. The molecule has 2 aromatic carbocycles. The highest BCUT2D eigenvalue weighted by Crippen LogP contribution is 2.16. The Balaban J connectivity index is 2.06. The molecule has 1 amide bonds. The van der Waals surface area contributed by atoms with Gasteiger partial charge in [0.15, 0.2) is 0 Å². The van der Waals surface area contributed by atoms with E-state index in [4.69, 9.17) is 5.11 Å². The van der Waals surface area contributed by atoms with Crippen LogP contribution in [0.1, 0.15) is 21.5 Å². The number of phenolic OH excluding ortho intramolecular Hbond substituents is 1. The van der Waals surface area contributed by atoms with Gasteiger partial charge in [-0.25, -0.2) is 4.79 Å². The zero-order chi connectivity index (χ0) is 15.4. The number of aryl methyl sites for hydroxylation is 1. The highest BCUT2D eigenvalue weighted by Gasteiger charge is 2.09. The van der Waals surface area contributed by atoms with Gasteiger partial charge in [0.25, 0.3) is 0 Å². The van der Waals surface area contributed by atoms with E-state index in [-0.39, 0.29) is 23.6 Å². The van der Waals surface area contributed by atoms with E-state index in [0.717, 1.165) is 0 Å². The third kappa shape index (κ3) is 3.82. The van der Waals surface area contributed by atoms with Gasteiger partial charge in [0.1, 0.15) is 5.75 Å². The van der Waals surface area contributed by atoms with Crippen molar-refractivity contribution in [1.29, 1.82) is 0 Å². The maximum atomic E-state index is 11.9. The molecule has 0 fully saturated rings. The first kappa shape index (κ1) is 14.6. The summed E-state index contributed by atoms with van der Waals surface area (Å²) in [6.45, 7) is 1.67. The molecule has 5 heteroatoms. The molecule has 108 valence electrons. The van der Waals surface area contributed by atoms with Crippen LogP contribution in [0.25, 0.3) is 0 Å². The van der Waals surface area contributed by atoms with Crippen molar-refractivity contribution in [3.8, 4) is 5.75 Å². The predicted octanol–water partition coefficient (Wildman–Crippen LogP) is 2.58. The lowest BCUT2D eigenvalue weighted by molar-refractivity contribution is -0.115. The van der Waals surface area contributed by atoms with Crippen LogP contribution in [0.3, 0.4) is 0 Å². The highest BCUT2D eigenvalue weighted by atomic mass is 16.4. The normalized spacial score (nSPS) is 10.1. The van der Waals surface area contributed by atoms with E-state index in [9.17, 15) is 14.7 Å². The summed E-state index contributed by atoms with van der Waals surface area (Å²) in [7, 11) is 0. The molecule has 0 atom stereocenters. The molecule has 0 unspecified atom stereocenters. The van der Waals surface area contributed by atoms with Crippen LogP contribution in [0.5, 0.6) is 5.75 Å². The number of amides is 1. The van der Waals surface area contributed by atoms with Crippen molar-refractivity contribution in [3.63, 3.8) is 0 Å². The molecule has 0 aromatic heterocycles. The average molecular weight is 285 g/mol. The minimum atomic E-state index is -0.995. The van der Waals surface area contributed by atoms with Crippen molar-refractivity contribution in [2.24, 2.45) is 0 Å². The molecule has 2 aromatic rings. The van der Waals surface area contributed by atoms with Gasteiger partial charge in [-0.15, -0.1) is 0 Å². The molecule has 0 aliphatic rings. The van der Waals surface area contributed by atoms with E-state index in [1.165, 1.54) is 18.2 Å². The van der Waals surface area contributed by atoms with Crippen LogP contribution in [0.15, 0.2) is 42.5 Å². The number of carboxylic acids is 1. The Hall–Kier alpha value is -2.82. The number of hydrogen-bond acceptors (Lipinski definition) is 3. The van der Waals surface area contributed by atoms with Crippen LogP contribution >= 0.6 is 0 Å². The molecule has 0 heterocycles.